The fourth-order valence-corrected chi connectivity index (χ4v) is 4.20. The lowest BCUT2D eigenvalue weighted by molar-refractivity contribution is 0.0986. The molecule has 0 saturated carbocycles. The molecular formula is C19H19N3O2S. The molecule has 1 atom stereocenters. The van der Waals surface area contributed by atoms with Crippen molar-refractivity contribution in [2.45, 2.75) is 32.8 Å². The van der Waals surface area contributed by atoms with Crippen LogP contribution in [0.5, 0.6) is 5.75 Å². The molecule has 0 spiro atoms. The number of ether oxygens (including phenoxy) is 1. The first kappa shape index (κ1) is 16.0. The lowest BCUT2D eigenvalue weighted by Crippen LogP contribution is -2.02. The number of Topliss-reactive ketones (excluding diaryl/α,β-unsaturated/α-hetero) is 1. The maximum absolute atomic E-state index is 12.3. The van der Waals surface area contributed by atoms with Crippen LogP contribution in [-0.2, 0) is 13.7 Å². The minimum Gasteiger partial charge on any atom is -0.486 e. The van der Waals surface area contributed by atoms with Crippen LogP contribution in [0.15, 0.2) is 29.9 Å². The highest BCUT2D eigenvalue weighted by Gasteiger charge is 2.31. The van der Waals surface area contributed by atoms with Crippen LogP contribution in [0.25, 0.3) is 10.6 Å². The highest BCUT2D eigenvalue weighted by atomic mass is 32.1. The maximum Gasteiger partial charge on any atom is 0.167 e. The molecule has 128 valence electrons. The Balaban J connectivity index is 1.55. The van der Waals surface area contributed by atoms with Crippen molar-refractivity contribution in [2.75, 3.05) is 0 Å². The van der Waals surface area contributed by atoms with Crippen molar-refractivity contribution in [3.63, 3.8) is 0 Å². The summed E-state index contributed by atoms with van der Waals surface area (Å²) in [6, 6.07) is 3.93. The largest absolute Gasteiger partial charge is 0.486 e. The van der Waals surface area contributed by atoms with Crippen molar-refractivity contribution < 1.29 is 9.53 Å². The number of nitrogens with zero attached hydrogens (tertiary/aromatic N) is 3. The molecule has 1 aromatic carbocycles. The normalized spacial score (nSPS) is 16.3. The average molecular weight is 353 g/mol. The fraction of sp³-hybridized carbons (Fsp3) is 0.316. The van der Waals surface area contributed by atoms with E-state index in [2.05, 4.69) is 23.9 Å². The Morgan fingerprint density at radius 1 is 1.40 bits per heavy atom. The van der Waals surface area contributed by atoms with E-state index in [-0.39, 0.29) is 11.7 Å². The summed E-state index contributed by atoms with van der Waals surface area (Å²) in [5, 5.41) is 7.08. The zero-order valence-electron chi connectivity index (χ0n) is 14.4. The molecular weight excluding hydrogens is 334 g/mol. The molecule has 25 heavy (non-hydrogen) atoms. The lowest BCUT2D eigenvalue weighted by Gasteiger charge is -2.12. The molecule has 0 amide bonds. The summed E-state index contributed by atoms with van der Waals surface area (Å²) in [5.74, 6) is 1.11. The van der Waals surface area contributed by atoms with E-state index >= 15 is 0 Å². The number of hydrogen-bond donors (Lipinski definition) is 0. The van der Waals surface area contributed by atoms with Crippen molar-refractivity contribution in [1.29, 1.82) is 0 Å². The molecule has 0 aliphatic heterocycles. The molecule has 1 aliphatic carbocycles. The van der Waals surface area contributed by atoms with Crippen molar-refractivity contribution in [3.8, 4) is 16.3 Å². The predicted octanol–water partition coefficient (Wildman–Crippen LogP) is 4.12. The second-order valence-corrected chi connectivity index (χ2v) is 7.39. The monoisotopic (exact) mass is 353 g/mol. The molecule has 0 radical (unpaired) electrons. The fourth-order valence-electron chi connectivity index (χ4n) is 3.42. The van der Waals surface area contributed by atoms with Crippen molar-refractivity contribution >= 4 is 17.1 Å². The summed E-state index contributed by atoms with van der Waals surface area (Å²) in [7, 11) is 1.89. The SMILES string of the molecule is Cc1ccc(OCc2csc(-c3cnn(C)c3)n2)c2c1[C@H](C)CC2=O. The second kappa shape index (κ2) is 6.11. The van der Waals surface area contributed by atoms with Crippen LogP contribution < -0.4 is 4.74 Å². The van der Waals surface area contributed by atoms with Crippen molar-refractivity contribution in [2.24, 2.45) is 7.05 Å². The standard InChI is InChI=1S/C19H19N3O2S/c1-11-4-5-16(18-15(23)6-12(2)17(11)18)24-9-14-10-25-19(21-14)13-7-20-22(3)8-13/h4-5,7-8,10,12H,6,9H2,1-3H3/t12-/m1/s1. The third kappa shape index (κ3) is 2.87. The Kier molecular flexibility index (Phi) is 3.92. The van der Waals surface area contributed by atoms with Gasteiger partial charge in [0.05, 0.1) is 17.5 Å². The maximum atomic E-state index is 12.3. The number of aromatic nitrogens is 3. The van der Waals surface area contributed by atoms with Crippen LogP contribution >= 0.6 is 11.3 Å². The van der Waals surface area contributed by atoms with Gasteiger partial charge in [0.1, 0.15) is 17.4 Å². The number of benzene rings is 1. The van der Waals surface area contributed by atoms with Gasteiger partial charge in [-0.3, -0.25) is 9.48 Å². The van der Waals surface area contributed by atoms with E-state index in [1.165, 1.54) is 0 Å². The number of ketones is 1. The van der Waals surface area contributed by atoms with Gasteiger partial charge in [0.2, 0.25) is 0 Å². The molecule has 0 bridgehead atoms. The average Bonchev–Trinajstić information content (AvgIpc) is 3.27. The third-order valence-corrected chi connectivity index (χ3v) is 5.51. The first-order chi connectivity index (χ1) is 12.0. The first-order valence-electron chi connectivity index (χ1n) is 8.26. The van der Waals surface area contributed by atoms with Gasteiger partial charge in [-0.05, 0) is 30.0 Å². The Bertz CT molecular complexity index is 957. The number of rotatable bonds is 4. The summed E-state index contributed by atoms with van der Waals surface area (Å²) in [5.41, 5.74) is 4.91. The van der Waals surface area contributed by atoms with Gasteiger partial charge in [0.15, 0.2) is 5.78 Å². The van der Waals surface area contributed by atoms with Gasteiger partial charge in [0.25, 0.3) is 0 Å². The highest BCUT2D eigenvalue weighted by molar-refractivity contribution is 7.13. The van der Waals surface area contributed by atoms with E-state index in [0.717, 1.165) is 33.0 Å². The van der Waals surface area contributed by atoms with Crippen molar-refractivity contribution in [3.05, 3.63) is 52.3 Å². The molecule has 2 heterocycles. The summed E-state index contributed by atoms with van der Waals surface area (Å²) in [6.07, 6.45) is 4.31. The second-order valence-electron chi connectivity index (χ2n) is 6.53. The van der Waals surface area contributed by atoms with Gasteiger partial charge < -0.3 is 4.74 Å². The van der Waals surface area contributed by atoms with Gasteiger partial charge in [-0.25, -0.2) is 4.98 Å². The summed E-state index contributed by atoms with van der Waals surface area (Å²) >= 11 is 1.57. The van der Waals surface area contributed by atoms with Gasteiger partial charge in [-0.2, -0.15) is 5.10 Å². The Hall–Kier alpha value is -2.47. The molecule has 0 fully saturated rings. The first-order valence-corrected chi connectivity index (χ1v) is 9.14. The van der Waals surface area contributed by atoms with Gasteiger partial charge >= 0.3 is 0 Å². The van der Waals surface area contributed by atoms with E-state index in [0.29, 0.717) is 18.8 Å². The zero-order chi connectivity index (χ0) is 17.6. The number of thiazole rings is 1. The summed E-state index contributed by atoms with van der Waals surface area (Å²) < 4.78 is 7.72. The summed E-state index contributed by atoms with van der Waals surface area (Å²) in [6.45, 7) is 4.51. The third-order valence-electron chi connectivity index (χ3n) is 4.57. The van der Waals surface area contributed by atoms with E-state index in [9.17, 15) is 4.79 Å². The van der Waals surface area contributed by atoms with Crippen LogP contribution in [0.1, 0.15) is 46.4 Å². The van der Waals surface area contributed by atoms with E-state index in [1.807, 2.05) is 30.8 Å². The molecule has 5 nitrogen and oxygen atoms in total. The Labute approximate surface area is 150 Å². The molecule has 3 aromatic rings. The Morgan fingerprint density at radius 2 is 2.24 bits per heavy atom. The van der Waals surface area contributed by atoms with Gasteiger partial charge in [0, 0.05) is 30.6 Å². The number of hydrogen-bond acceptors (Lipinski definition) is 5. The predicted molar refractivity (Wildman–Crippen MR) is 97.2 cm³/mol. The lowest BCUT2D eigenvalue weighted by atomic mass is 9.97. The Morgan fingerprint density at radius 3 is 3.00 bits per heavy atom. The molecule has 1 aliphatic rings. The summed E-state index contributed by atoms with van der Waals surface area (Å²) in [4.78, 5) is 17.0. The zero-order valence-corrected chi connectivity index (χ0v) is 15.3. The van der Waals surface area contributed by atoms with Crippen LogP contribution in [-0.4, -0.2) is 20.5 Å². The van der Waals surface area contributed by atoms with Crippen LogP contribution in [0.4, 0.5) is 0 Å². The van der Waals surface area contributed by atoms with Crippen LogP contribution in [0.2, 0.25) is 0 Å². The molecule has 0 N–H and O–H groups in total. The van der Waals surface area contributed by atoms with Crippen LogP contribution in [0, 0.1) is 6.92 Å². The molecule has 0 saturated heterocycles. The van der Waals surface area contributed by atoms with Gasteiger partial charge in [-0.1, -0.05) is 13.0 Å². The van der Waals surface area contributed by atoms with Crippen LogP contribution in [0.3, 0.4) is 0 Å². The molecule has 2 aromatic heterocycles. The van der Waals surface area contributed by atoms with E-state index in [1.54, 1.807) is 22.2 Å². The number of carbonyl (C=O) groups is 1. The van der Waals surface area contributed by atoms with Crippen molar-refractivity contribution in [1.82, 2.24) is 14.8 Å². The van der Waals surface area contributed by atoms with E-state index < -0.39 is 0 Å². The molecule has 0 unspecified atom stereocenters. The topological polar surface area (TPSA) is 57.0 Å². The quantitative estimate of drug-likeness (QED) is 0.708. The number of fused-ring (bicyclic) bond motifs is 1. The highest BCUT2D eigenvalue weighted by Crippen LogP contribution is 2.40. The van der Waals surface area contributed by atoms with Gasteiger partial charge in [-0.15, -0.1) is 11.3 Å². The molecule has 6 heteroatoms. The minimum atomic E-state index is 0.176. The number of carbonyl (C=O) groups excluding carboxylic acids is 1. The number of aryl methyl sites for hydroxylation is 2. The minimum absolute atomic E-state index is 0.176. The molecule has 4 rings (SSSR count). The smallest absolute Gasteiger partial charge is 0.167 e. The van der Waals surface area contributed by atoms with E-state index in [4.69, 9.17) is 4.74 Å².